The highest BCUT2D eigenvalue weighted by molar-refractivity contribution is 6.17. The van der Waals surface area contributed by atoms with Crippen LogP contribution in [0.2, 0.25) is 0 Å². The van der Waals surface area contributed by atoms with Crippen molar-refractivity contribution >= 4 is 38.9 Å². The van der Waals surface area contributed by atoms with Crippen LogP contribution in [0.4, 0.5) is 17.1 Å². The standard InChI is InChI=1S/C48H34N2/c1-5-17-35(18-6-1)37-21-15-22-38(33-37)43-28-16-30-47-48(43)44-34-41(31-32-46(44)50(47)40-25-11-4-12-26-40)49(39-23-9-3-10-24-39)45-29-14-13-27-42(45)36-19-7-2-8-20-36/h1-34H. The zero-order valence-corrected chi connectivity index (χ0v) is 27.5. The Morgan fingerprint density at radius 3 is 1.68 bits per heavy atom. The number of para-hydroxylation sites is 3. The monoisotopic (exact) mass is 638 g/mol. The highest BCUT2D eigenvalue weighted by Gasteiger charge is 2.21. The lowest BCUT2D eigenvalue weighted by Gasteiger charge is -2.28. The Balaban J connectivity index is 1.32. The highest BCUT2D eigenvalue weighted by atomic mass is 15.1. The van der Waals surface area contributed by atoms with Gasteiger partial charge in [-0.15, -0.1) is 0 Å². The summed E-state index contributed by atoms with van der Waals surface area (Å²) >= 11 is 0. The number of hydrogen-bond acceptors (Lipinski definition) is 1. The van der Waals surface area contributed by atoms with E-state index in [1.54, 1.807) is 0 Å². The van der Waals surface area contributed by atoms with E-state index < -0.39 is 0 Å². The number of hydrogen-bond donors (Lipinski definition) is 0. The molecule has 0 aliphatic rings. The van der Waals surface area contributed by atoms with E-state index in [0.29, 0.717) is 0 Å². The fourth-order valence-electron chi connectivity index (χ4n) is 7.33. The third-order valence-corrected chi connectivity index (χ3v) is 9.57. The zero-order chi connectivity index (χ0) is 33.3. The average molecular weight is 639 g/mol. The van der Waals surface area contributed by atoms with E-state index >= 15 is 0 Å². The fourth-order valence-corrected chi connectivity index (χ4v) is 7.33. The third kappa shape index (κ3) is 5.24. The first-order valence-corrected chi connectivity index (χ1v) is 17.1. The van der Waals surface area contributed by atoms with E-state index in [-0.39, 0.29) is 0 Å². The molecule has 2 nitrogen and oxygen atoms in total. The van der Waals surface area contributed by atoms with Gasteiger partial charge in [0, 0.05) is 33.4 Å². The Hall–Kier alpha value is -6.64. The van der Waals surface area contributed by atoms with Gasteiger partial charge in [0.15, 0.2) is 0 Å². The molecule has 0 saturated carbocycles. The topological polar surface area (TPSA) is 8.17 Å². The van der Waals surface area contributed by atoms with Gasteiger partial charge in [0.25, 0.3) is 0 Å². The molecule has 9 aromatic rings. The lowest BCUT2D eigenvalue weighted by Crippen LogP contribution is -2.11. The van der Waals surface area contributed by atoms with Gasteiger partial charge in [0.1, 0.15) is 0 Å². The molecular formula is C48H34N2. The molecule has 0 bridgehead atoms. The summed E-state index contributed by atoms with van der Waals surface area (Å²) in [6.45, 7) is 0. The van der Waals surface area contributed by atoms with Gasteiger partial charge < -0.3 is 9.47 Å². The smallest absolute Gasteiger partial charge is 0.0547 e. The quantitative estimate of drug-likeness (QED) is 0.169. The summed E-state index contributed by atoms with van der Waals surface area (Å²) in [5.74, 6) is 0. The molecular weight excluding hydrogens is 605 g/mol. The van der Waals surface area contributed by atoms with Gasteiger partial charge in [-0.25, -0.2) is 0 Å². The highest BCUT2D eigenvalue weighted by Crippen LogP contribution is 2.45. The second-order valence-corrected chi connectivity index (χ2v) is 12.6. The van der Waals surface area contributed by atoms with Gasteiger partial charge in [-0.2, -0.15) is 0 Å². The largest absolute Gasteiger partial charge is 0.310 e. The number of benzene rings is 8. The van der Waals surface area contributed by atoms with Crippen LogP contribution in [0.15, 0.2) is 206 Å². The van der Waals surface area contributed by atoms with Gasteiger partial charge in [0.05, 0.1) is 16.7 Å². The van der Waals surface area contributed by atoms with Crippen molar-refractivity contribution in [2.24, 2.45) is 0 Å². The Kier molecular flexibility index (Phi) is 7.53. The van der Waals surface area contributed by atoms with Gasteiger partial charge in [-0.1, -0.05) is 146 Å². The molecule has 8 aromatic carbocycles. The minimum atomic E-state index is 1.10. The van der Waals surface area contributed by atoms with E-state index in [2.05, 4.69) is 216 Å². The number of aromatic nitrogens is 1. The van der Waals surface area contributed by atoms with Crippen molar-refractivity contribution in [1.29, 1.82) is 0 Å². The molecule has 2 heteroatoms. The van der Waals surface area contributed by atoms with Crippen molar-refractivity contribution in [3.8, 4) is 39.1 Å². The molecule has 9 rings (SSSR count). The van der Waals surface area contributed by atoms with Gasteiger partial charge in [-0.05, 0) is 88.5 Å². The average Bonchev–Trinajstić information content (AvgIpc) is 3.54. The molecule has 236 valence electrons. The number of fused-ring (bicyclic) bond motifs is 3. The predicted octanol–water partition coefficient (Wildman–Crippen LogP) is 13.3. The van der Waals surface area contributed by atoms with Gasteiger partial charge in [0.2, 0.25) is 0 Å². The third-order valence-electron chi connectivity index (χ3n) is 9.57. The molecule has 0 radical (unpaired) electrons. The summed E-state index contributed by atoms with van der Waals surface area (Å²) in [5.41, 5.74) is 14.0. The summed E-state index contributed by atoms with van der Waals surface area (Å²) in [6, 6.07) is 74.0. The fraction of sp³-hybridized carbons (Fsp3) is 0. The van der Waals surface area contributed by atoms with Crippen LogP contribution >= 0.6 is 0 Å². The lowest BCUT2D eigenvalue weighted by molar-refractivity contribution is 1.18. The van der Waals surface area contributed by atoms with Crippen LogP contribution in [0.1, 0.15) is 0 Å². The first-order valence-electron chi connectivity index (χ1n) is 17.1. The first-order chi connectivity index (χ1) is 24.8. The molecule has 0 aliphatic carbocycles. The Morgan fingerprint density at radius 2 is 0.920 bits per heavy atom. The van der Waals surface area contributed by atoms with E-state index in [9.17, 15) is 0 Å². The molecule has 0 fully saturated rings. The second kappa shape index (κ2) is 12.8. The van der Waals surface area contributed by atoms with Crippen molar-refractivity contribution in [3.63, 3.8) is 0 Å². The minimum Gasteiger partial charge on any atom is -0.310 e. The van der Waals surface area contributed by atoms with E-state index in [0.717, 1.165) is 22.7 Å². The molecule has 0 spiro atoms. The molecule has 0 amide bonds. The van der Waals surface area contributed by atoms with Crippen LogP contribution in [0, 0.1) is 0 Å². The Labute approximate surface area is 292 Å². The van der Waals surface area contributed by atoms with E-state index in [4.69, 9.17) is 0 Å². The van der Waals surface area contributed by atoms with Crippen molar-refractivity contribution in [2.75, 3.05) is 4.90 Å². The Morgan fingerprint density at radius 1 is 0.340 bits per heavy atom. The normalized spacial score (nSPS) is 11.2. The molecule has 0 aliphatic heterocycles. The van der Waals surface area contributed by atoms with Crippen LogP contribution in [0.25, 0.3) is 60.9 Å². The van der Waals surface area contributed by atoms with Crippen LogP contribution in [0.3, 0.4) is 0 Å². The molecule has 1 aromatic heterocycles. The summed E-state index contributed by atoms with van der Waals surface area (Å²) in [6.07, 6.45) is 0. The van der Waals surface area contributed by atoms with Crippen molar-refractivity contribution in [3.05, 3.63) is 206 Å². The van der Waals surface area contributed by atoms with E-state index in [1.807, 2.05) is 0 Å². The zero-order valence-electron chi connectivity index (χ0n) is 27.5. The SMILES string of the molecule is c1ccc(-c2cccc(-c3cccc4c3c3cc(N(c5ccccc5)c5ccccc5-c5ccccc5)ccc3n4-c3ccccc3)c2)cc1. The van der Waals surface area contributed by atoms with E-state index in [1.165, 1.54) is 55.2 Å². The number of anilines is 3. The minimum absolute atomic E-state index is 1.10. The summed E-state index contributed by atoms with van der Waals surface area (Å²) < 4.78 is 2.41. The van der Waals surface area contributed by atoms with Gasteiger partial charge in [-0.3, -0.25) is 0 Å². The van der Waals surface area contributed by atoms with Gasteiger partial charge >= 0.3 is 0 Å². The van der Waals surface area contributed by atoms with Crippen molar-refractivity contribution in [2.45, 2.75) is 0 Å². The maximum absolute atomic E-state index is 2.41. The summed E-state index contributed by atoms with van der Waals surface area (Å²) in [5, 5.41) is 2.45. The van der Waals surface area contributed by atoms with Crippen LogP contribution < -0.4 is 4.90 Å². The number of rotatable bonds is 7. The molecule has 0 atom stereocenters. The summed E-state index contributed by atoms with van der Waals surface area (Å²) in [7, 11) is 0. The molecule has 0 unspecified atom stereocenters. The Bertz CT molecular complexity index is 2570. The number of nitrogens with zero attached hydrogens (tertiary/aromatic N) is 2. The van der Waals surface area contributed by atoms with Crippen molar-refractivity contribution in [1.82, 2.24) is 4.57 Å². The molecule has 0 saturated heterocycles. The van der Waals surface area contributed by atoms with Crippen LogP contribution in [0.5, 0.6) is 0 Å². The molecule has 1 heterocycles. The second-order valence-electron chi connectivity index (χ2n) is 12.6. The maximum atomic E-state index is 2.41. The summed E-state index contributed by atoms with van der Waals surface area (Å²) in [4.78, 5) is 2.39. The molecule has 0 N–H and O–H groups in total. The maximum Gasteiger partial charge on any atom is 0.0547 e. The lowest BCUT2D eigenvalue weighted by atomic mass is 9.95. The molecule has 50 heavy (non-hydrogen) atoms. The van der Waals surface area contributed by atoms with Crippen LogP contribution in [-0.2, 0) is 0 Å². The van der Waals surface area contributed by atoms with Crippen LogP contribution in [-0.4, -0.2) is 4.57 Å². The predicted molar refractivity (Wildman–Crippen MR) is 212 cm³/mol. The van der Waals surface area contributed by atoms with Crippen molar-refractivity contribution < 1.29 is 0 Å². The first kappa shape index (κ1) is 29.5.